The van der Waals surface area contributed by atoms with Crippen molar-refractivity contribution in [3.8, 4) is 0 Å². The third kappa shape index (κ3) is 3.77. The molecule has 20 heavy (non-hydrogen) atoms. The molecule has 1 fully saturated rings. The summed E-state index contributed by atoms with van der Waals surface area (Å²) in [7, 11) is 0. The van der Waals surface area contributed by atoms with Crippen molar-refractivity contribution in [2.75, 3.05) is 25.0 Å². The van der Waals surface area contributed by atoms with Crippen molar-refractivity contribution in [2.24, 2.45) is 11.1 Å². The highest BCUT2D eigenvalue weighted by atomic mass is 32.1. The molecule has 1 aliphatic rings. The van der Waals surface area contributed by atoms with Gasteiger partial charge in [-0.25, -0.2) is 0 Å². The van der Waals surface area contributed by atoms with Gasteiger partial charge in [-0.3, -0.25) is 9.69 Å². The van der Waals surface area contributed by atoms with Crippen LogP contribution in [0.4, 0.5) is 5.69 Å². The highest BCUT2D eigenvalue weighted by molar-refractivity contribution is 7.80. The second-order valence-electron chi connectivity index (χ2n) is 6.08. The molecule has 1 aliphatic heterocycles. The maximum Gasteiger partial charge on any atom is 0.238 e. The van der Waals surface area contributed by atoms with Gasteiger partial charge in [0.15, 0.2) is 0 Å². The van der Waals surface area contributed by atoms with Gasteiger partial charge in [0, 0.05) is 12.1 Å². The molecule has 1 aromatic rings. The molecule has 0 aromatic heterocycles. The van der Waals surface area contributed by atoms with Gasteiger partial charge < -0.3 is 11.1 Å². The predicted octanol–water partition coefficient (Wildman–Crippen LogP) is 1.99. The summed E-state index contributed by atoms with van der Waals surface area (Å²) in [6.07, 6.45) is 1.13. The summed E-state index contributed by atoms with van der Waals surface area (Å²) in [5.74, 6) is -0.0219. The Balaban J connectivity index is 1.97. The molecule has 108 valence electrons. The maximum absolute atomic E-state index is 12.1. The van der Waals surface area contributed by atoms with E-state index in [1.807, 2.05) is 24.3 Å². The van der Waals surface area contributed by atoms with E-state index in [4.69, 9.17) is 18.0 Å². The molecule has 0 spiro atoms. The first-order valence-corrected chi connectivity index (χ1v) is 7.19. The van der Waals surface area contributed by atoms with Crippen LogP contribution in [0.25, 0.3) is 0 Å². The highest BCUT2D eigenvalue weighted by Crippen LogP contribution is 2.28. The van der Waals surface area contributed by atoms with E-state index in [1.54, 1.807) is 0 Å². The Hall–Kier alpha value is -1.46. The van der Waals surface area contributed by atoms with E-state index in [-0.39, 0.29) is 5.91 Å². The number of hydrogen-bond donors (Lipinski definition) is 2. The fourth-order valence-electron chi connectivity index (χ4n) is 2.56. The van der Waals surface area contributed by atoms with E-state index < -0.39 is 0 Å². The molecule has 0 saturated carbocycles. The van der Waals surface area contributed by atoms with Crippen LogP contribution in [0.15, 0.2) is 24.3 Å². The van der Waals surface area contributed by atoms with Crippen LogP contribution < -0.4 is 11.1 Å². The topological polar surface area (TPSA) is 58.4 Å². The zero-order valence-corrected chi connectivity index (χ0v) is 12.8. The number of benzene rings is 1. The van der Waals surface area contributed by atoms with Gasteiger partial charge in [0.25, 0.3) is 0 Å². The van der Waals surface area contributed by atoms with Crippen molar-refractivity contribution in [3.63, 3.8) is 0 Å². The largest absolute Gasteiger partial charge is 0.389 e. The Morgan fingerprint density at radius 1 is 1.45 bits per heavy atom. The van der Waals surface area contributed by atoms with E-state index >= 15 is 0 Å². The maximum atomic E-state index is 12.1. The zero-order chi connectivity index (χ0) is 14.8. The SMILES string of the molecule is CC1(C)CCN(CC(=O)Nc2ccccc2C(N)=S)C1. The van der Waals surface area contributed by atoms with E-state index in [2.05, 4.69) is 24.1 Å². The van der Waals surface area contributed by atoms with E-state index in [9.17, 15) is 4.79 Å². The standard InChI is InChI=1S/C15H21N3OS/c1-15(2)7-8-18(10-15)9-13(19)17-12-6-4-3-5-11(12)14(16)20/h3-6H,7-10H2,1-2H3,(H2,16,20)(H,17,19). The van der Waals surface area contributed by atoms with Gasteiger partial charge in [0.2, 0.25) is 5.91 Å². The average molecular weight is 291 g/mol. The van der Waals surface area contributed by atoms with Crippen molar-refractivity contribution in [2.45, 2.75) is 20.3 Å². The summed E-state index contributed by atoms with van der Waals surface area (Å²) >= 11 is 4.99. The molecule has 1 amide bonds. The lowest BCUT2D eigenvalue weighted by molar-refractivity contribution is -0.117. The summed E-state index contributed by atoms with van der Waals surface area (Å²) in [4.78, 5) is 14.6. The van der Waals surface area contributed by atoms with Gasteiger partial charge in [-0.1, -0.05) is 38.2 Å². The number of nitrogens with one attached hydrogen (secondary N) is 1. The number of para-hydroxylation sites is 1. The number of carbonyl (C=O) groups is 1. The first-order valence-electron chi connectivity index (χ1n) is 6.78. The third-order valence-corrected chi connectivity index (χ3v) is 3.81. The Labute approximate surface area is 125 Å². The van der Waals surface area contributed by atoms with Crippen molar-refractivity contribution >= 4 is 28.8 Å². The molecule has 0 atom stereocenters. The van der Waals surface area contributed by atoms with Crippen molar-refractivity contribution in [1.82, 2.24) is 4.90 Å². The minimum Gasteiger partial charge on any atom is -0.389 e. The first-order chi connectivity index (χ1) is 9.37. The summed E-state index contributed by atoms with van der Waals surface area (Å²) < 4.78 is 0. The van der Waals surface area contributed by atoms with E-state index in [1.165, 1.54) is 0 Å². The van der Waals surface area contributed by atoms with Crippen LogP contribution in [0.3, 0.4) is 0 Å². The second-order valence-corrected chi connectivity index (χ2v) is 6.52. The van der Waals surface area contributed by atoms with E-state index in [0.717, 1.165) is 19.5 Å². The number of anilines is 1. The molecule has 1 saturated heterocycles. The number of carbonyl (C=O) groups excluding carboxylic acids is 1. The summed E-state index contributed by atoms with van der Waals surface area (Å²) in [6, 6.07) is 7.35. The van der Waals surface area contributed by atoms with Crippen LogP contribution in [-0.4, -0.2) is 35.4 Å². The summed E-state index contributed by atoms with van der Waals surface area (Å²) in [5.41, 5.74) is 7.35. The number of rotatable bonds is 4. The fourth-order valence-corrected chi connectivity index (χ4v) is 2.74. The Morgan fingerprint density at radius 2 is 2.15 bits per heavy atom. The molecule has 0 radical (unpaired) electrons. The normalized spacial score (nSPS) is 17.9. The molecule has 1 aromatic carbocycles. The molecule has 0 bridgehead atoms. The second kappa shape index (κ2) is 5.89. The van der Waals surface area contributed by atoms with Gasteiger partial charge >= 0.3 is 0 Å². The van der Waals surface area contributed by atoms with Gasteiger partial charge in [0.05, 0.1) is 12.2 Å². The lowest BCUT2D eigenvalue weighted by Gasteiger charge is -2.19. The first kappa shape index (κ1) is 14.9. The molecule has 0 unspecified atom stereocenters. The molecular weight excluding hydrogens is 270 g/mol. The Bertz CT molecular complexity index is 528. The van der Waals surface area contributed by atoms with Crippen LogP contribution in [0.2, 0.25) is 0 Å². The highest BCUT2D eigenvalue weighted by Gasteiger charge is 2.30. The Kier molecular flexibility index (Phi) is 4.40. The zero-order valence-electron chi connectivity index (χ0n) is 12.0. The molecule has 0 aliphatic carbocycles. The molecule has 2 rings (SSSR count). The van der Waals surface area contributed by atoms with Crippen LogP contribution in [-0.2, 0) is 4.79 Å². The van der Waals surface area contributed by atoms with Gasteiger partial charge in [-0.2, -0.15) is 0 Å². The molecule has 3 N–H and O–H groups in total. The van der Waals surface area contributed by atoms with Gasteiger partial charge in [0.1, 0.15) is 4.99 Å². The lowest BCUT2D eigenvalue weighted by Crippen LogP contribution is -2.33. The average Bonchev–Trinajstić information content (AvgIpc) is 2.68. The summed E-state index contributed by atoms with van der Waals surface area (Å²) in [6.45, 7) is 6.80. The number of amides is 1. The van der Waals surface area contributed by atoms with Crippen molar-refractivity contribution < 1.29 is 4.79 Å². The number of nitrogens with two attached hydrogens (primary N) is 1. The van der Waals surface area contributed by atoms with Crippen LogP contribution in [0.5, 0.6) is 0 Å². The minimum absolute atomic E-state index is 0.0219. The van der Waals surface area contributed by atoms with Crippen LogP contribution >= 0.6 is 12.2 Å². The number of likely N-dealkylation sites (tertiary alicyclic amines) is 1. The smallest absolute Gasteiger partial charge is 0.238 e. The lowest BCUT2D eigenvalue weighted by atomic mass is 9.93. The van der Waals surface area contributed by atoms with Crippen molar-refractivity contribution in [3.05, 3.63) is 29.8 Å². The number of hydrogen-bond acceptors (Lipinski definition) is 3. The monoisotopic (exact) mass is 291 g/mol. The van der Waals surface area contributed by atoms with Crippen LogP contribution in [0.1, 0.15) is 25.8 Å². The van der Waals surface area contributed by atoms with Crippen LogP contribution in [0, 0.1) is 5.41 Å². The Morgan fingerprint density at radius 3 is 2.75 bits per heavy atom. The minimum atomic E-state index is -0.0219. The summed E-state index contributed by atoms with van der Waals surface area (Å²) in [5, 5.41) is 2.90. The fraction of sp³-hybridized carbons (Fsp3) is 0.467. The third-order valence-electron chi connectivity index (χ3n) is 3.59. The predicted molar refractivity (Wildman–Crippen MR) is 85.8 cm³/mol. The van der Waals surface area contributed by atoms with Crippen molar-refractivity contribution in [1.29, 1.82) is 0 Å². The van der Waals surface area contributed by atoms with Gasteiger partial charge in [-0.15, -0.1) is 0 Å². The number of thiocarbonyl (C=S) groups is 1. The molecule has 4 nitrogen and oxygen atoms in total. The van der Waals surface area contributed by atoms with E-state index in [0.29, 0.717) is 28.2 Å². The molecule has 1 heterocycles. The number of nitrogens with zero attached hydrogens (tertiary/aromatic N) is 1. The molecule has 5 heteroatoms. The van der Waals surface area contributed by atoms with Gasteiger partial charge in [-0.05, 0) is 30.5 Å². The molecular formula is C15H21N3OS. The quantitative estimate of drug-likeness (QED) is 0.833.